The first kappa shape index (κ1) is 25.4. The summed E-state index contributed by atoms with van der Waals surface area (Å²) in [7, 11) is 4.25. The summed E-state index contributed by atoms with van der Waals surface area (Å²) in [6.45, 7) is -0.147. The van der Waals surface area contributed by atoms with Gasteiger partial charge in [-0.25, -0.2) is 8.78 Å². The summed E-state index contributed by atoms with van der Waals surface area (Å²) in [6, 6.07) is 8.13. The van der Waals surface area contributed by atoms with Crippen LogP contribution >= 0.6 is 0 Å². The number of rotatable bonds is 8. The van der Waals surface area contributed by atoms with Crippen LogP contribution in [0.5, 0.6) is 17.2 Å². The van der Waals surface area contributed by atoms with Gasteiger partial charge in [0.1, 0.15) is 28.7 Å². The number of carbonyl (C=O) groups is 1. The minimum absolute atomic E-state index is 0.0412. The smallest absolute Gasteiger partial charge is 0.279 e. The maximum Gasteiger partial charge on any atom is 0.279 e. The molecular weight excluding hydrogens is 488 g/mol. The molecule has 0 fully saturated rings. The number of fused-ring (bicyclic) bond motifs is 1. The van der Waals surface area contributed by atoms with Gasteiger partial charge in [0.25, 0.3) is 11.5 Å². The molecular formula is C26H23F2N3O6. The van der Waals surface area contributed by atoms with Gasteiger partial charge in [0.2, 0.25) is 5.43 Å². The molecule has 0 aliphatic heterocycles. The molecule has 0 aliphatic carbocycles. The normalized spacial score (nSPS) is 10.8. The maximum atomic E-state index is 13.9. The van der Waals surface area contributed by atoms with Crippen molar-refractivity contribution in [3.63, 3.8) is 0 Å². The second kappa shape index (κ2) is 10.5. The molecule has 0 bridgehead atoms. The monoisotopic (exact) mass is 511 g/mol. The molecule has 1 amide bonds. The van der Waals surface area contributed by atoms with Crippen LogP contribution in [0.3, 0.4) is 0 Å². The topological polar surface area (TPSA) is 100 Å². The van der Waals surface area contributed by atoms with E-state index in [2.05, 4.69) is 5.32 Å². The van der Waals surface area contributed by atoms with Crippen molar-refractivity contribution in [2.75, 3.05) is 21.3 Å². The van der Waals surface area contributed by atoms with Crippen molar-refractivity contribution in [2.45, 2.75) is 13.1 Å². The molecule has 0 unspecified atom stereocenters. The van der Waals surface area contributed by atoms with Crippen LogP contribution < -0.4 is 30.5 Å². The van der Waals surface area contributed by atoms with Gasteiger partial charge < -0.3 is 28.5 Å². The van der Waals surface area contributed by atoms with Crippen molar-refractivity contribution in [3.8, 4) is 17.2 Å². The van der Waals surface area contributed by atoms with Crippen molar-refractivity contribution in [1.82, 2.24) is 14.3 Å². The standard InChI is InChI=1S/C26H23F2N3O6/c1-35-18-7-5-16(21(11-18)36-2)13-31-9-8-30-14-19(23(32)24(37-3)22(30)26(31)34)25(33)29-12-15-4-6-17(27)10-20(15)28/h4-11,14H,12-13H2,1-3H3,(H,29,33). The number of nitrogens with zero attached hydrogens (tertiary/aromatic N) is 2. The van der Waals surface area contributed by atoms with Crippen LogP contribution in [0, 0.1) is 11.6 Å². The van der Waals surface area contributed by atoms with E-state index in [1.807, 2.05) is 0 Å². The van der Waals surface area contributed by atoms with E-state index >= 15 is 0 Å². The lowest BCUT2D eigenvalue weighted by Gasteiger charge is -2.14. The van der Waals surface area contributed by atoms with E-state index in [-0.39, 0.29) is 35.5 Å². The zero-order chi connectivity index (χ0) is 26.7. The van der Waals surface area contributed by atoms with Crippen LogP contribution in [0.25, 0.3) is 5.52 Å². The Labute approximate surface area is 209 Å². The van der Waals surface area contributed by atoms with E-state index in [1.54, 1.807) is 18.2 Å². The fraction of sp³-hybridized carbons (Fsp3) is 0.192. The Morgan fingerprint density at radius 1 is 0.946 bits per heavy atom. The lowest BCUT2D eigenvalue weighted by molar-refractivity contribution is 0.0948. The van der Waals surface area contributed by atoms with E-state index < -0.39 is 28.5 Å². The summed E-state index contributed by atoms with van der Waals surface area (Å²) in [5.74, 6) is -1.61. The van der Waals surface area contributed by atoms with Gasteiger partial charge in [-0.2, -0.15) is 0 Å². The first-order valence-electron chi connectivity index (χ1n) is 11.0. The van der Waals surface area contributed by atoms with Crippen molar-refractivity contribution < 1.29 is 27.8 Å². The molecule has 2 aromatic heterocycles. The number of hydrogen-bond acceptors (Lipinski definition) is 6. The lowest BCUT2D eigenvalue weighted by atomic mass is 10.1. The van der Waals surface area contributed by atoms with E-state index in [1.165, 1.54) is 55.0 Å². The average molecular weight is 511 g/mol. The molecule has 0 radical (unpaired) electrons. The van der Waals surface area contributed by atoms with Gasteiger partial charge in [-0.05, 0) is 18.2 Å². The molecule has 0 aliphatic rings. The summed E-state index contributed by atoms with van der Waals surface area (Å²) < 4.78 is 45.6. The maximum absolute atomic E-state index is 13.9. The molecule has 2 heterocycles. The SMILES string of the molecule is COc1ccc(Cn2ccn3cc(C(=O)NCc4ccc(F)cc4F)c(=O)c(OC)c3c2=O)c(OC)c1. The molecule has 11 heteroatoms. The van der Waals surface area contributed by atoms with Crippen LogP contribution in [0.1, 0.15) is 21.5 Å². The van der Waals surface area contributed by atoms with E-state index in [4.69, 9.17) is 14.2 Å². The molecule has 0 saturated carbocycles. The molecule has 192 valence electrons. The number of amides is 1. The summed E-state index contributed by atoms with van der Waals surface area (Å²) in [6.07, 6.45) is 4.21. The lowest BCUT2D eigenvalue weighted by Crippen LogP contribution is -2.32. The summed E-state index contributed by atoms with van der Waals surface area (Å²) in [5, 5.41) is 2.44. The summed E-state index contributed by atoms with van der Waals surface area (Å²) >= 11 is 0. The van der Waals surface area contributed by atoms with Crippen molar-refractivity contribution >= 4 is 11.4 Å². The summed E-state index contributed by atoms with van der Waals surface area (Å²) in [5.41, 5.74) is -0.986. The van der Waals surface area contributed by atoms with Crippen LogP contribution in [-0.4, -0.2) is 36.2 Å². The minimum atomic E-state index is -0.831. The van der Waals surface area contributed by atoms with Gasteiger partial charge in [0.15, 0.2) is 11.3 Å². The molecule has 0 saturated heterocycles. The van der Waals surface area contributed by atoms with E-state index in [0.717, 1.165) is 6.07 Å². The number of nitrogens with one attached hydrogen (secondary N) is 1. The Bertz CT molecular complexity index is 1610. The van der Waals surface area contributed by atoms with Gasteiger partial charge >= 0.3 is 0 Å². The predicted molar refractivity (Wildman–Crippen MR) is 131 cm³/mol. The first-order chi connectivity index (χ1) is 17.8. The molecule has 1 N–H and O–H groups in total. The first-order valence-corrected chi connectivity index (χ1v) is 11.0. The van der Waals surface area contributed by atoms with Gasteiger partial charge in [0, 0.05) is 48.4 Å². The van der Waals surface area contributed by atoms with E-state index in [0.29, 0.717) is 23.1 Å². The highest BCUT2D eigenvalue weighted by Gasteiger charge is 2.21. The minimum Gasteiger partial charge on any atom is -0.497 e. The highest BCUT2D eigenvalue weighted by atomic mass is 19.1. The van der Waals surface area contributed by atoms with Gasteiger partial charge in [-0.15, -0.1) is 0 Å². The second-order valence-corrected chi connectivity index (χ2v) is 7.99. The Morgan fingerprint density at radius 3 is 2.38 bits per heavy atom. The molecule has 4 aromatic rings. The third kappa shape index (κ3) is 5.01. The van der Waals surface area contributed by atoms with Gasteiger partial charge in [-0.1, -0.05) is 6.07 Å². The van der Waals surface area contributed by atoms with Crippen molar-refractivity contribution in [1.29, 1.82) is 0 Å². The molecule has 9 nitrogen and oxygen atoms in total. The third-order valence-electron chi connectivity index (χ3n) is 5.80. The number of pyridine rings is 1. The van der Waals surface area contributed by atoms with Crippen molar-refractivity contribution in [2.24, 2.45) is 0 Å². The Hall–Kier alpha value is -4.67. The van der Waals surface area contributed by atoms with Crippen LogP contribution in [-0.2, 0) is 13.1 Å². The van der Waals surface area contributed by atoms with E-state index in [9.17, 15) is 23.2 Å². The molecule has 0 atom stereocenters. The number of benzene rings is 2. The van der Waals surface area contributed by atoms with Gasteiger partial charge in [-0.3, -0.25) is 14.4 Å². The Morgan fingerprint density at radius 2 is 1.70 bits per heavy atom. The van der Waals surface area contributed by atoms with Crippen molar-refractivity contribution in [3.05, 3.63) is 104 Å². The molecule has 37 heavy (non-hydrogen) atoms. The number of ether oxygens (including phenoxy) is 3. The van der Waals surface area contributed by atoms with Gasteiger partial charge in [0.05, 0.1) is 27.9 Å². The average Bonchev–Trinajstić information content (AvgIpc) is 2.89. The number of aromatic nitrogens is 2. The Kier molecular flexibility index (Phi) is 7.23. The number of methoxy groups -OCH3 is 3. The van der Waals surface area contributed by atoms with Crippen LogP contribution in [0.15, 0.2) is 64.6 Å². The van der Waals surface area contributed by atoms with Crippen LogP contribution in [0.2, 0.25) is 0 Å². The zero-order valence-electron chi connectivity index (χ0n) is 20.2. The fourth-order valence-corrected chi connectivity index (χ4v) is 3.87. The Balaban J connectivity index is 1.69. The fourth-order valence-electron chi connectivity index (χ4n) is 3.87. The number of halogens is 2. The zero-order valence-corrected chi connectivity index (χ0v) is 20.2. The summed E-state index contributed by atoms with van der Waals surface area (Å²) in [4.78, 5) is 39.2. The molecule has 4 rings (SSSR count). The molecule has 2 aromatic carbocycles. The third-order valence-corrected chi connectivity index (χ3v) is 5.80. The predicted octanol–water partition coefficient (Wildman–Crippen LogP) is 2.74. The van der Waals surface area contributed by atoms with Crippen LogP contribution in [0.4, 0.5) is 8.78 Å². The highest BCUT2D eigenvalue weighted by molar-refractivity contribution is 5.94. The number of carbonyl (C=O) groups excluding carboxylic acids is 1. The largest absolute Gasteiger partial charge is 0.497 e. The number of hydrogen-bond donors (Lipinski definition) is 1. The highest BCUT2D eigenvalue weighted by Crippen LogP contribution is 2.25. The quantitative estimate of drug-likeness (QED) is 0.391. The second-order valence-electron chi connectivity index (χ2n) is 7.99. The molecule has 0 spiro atoms.